The first-order chi connectivity index (χ1) is 13.0. The summed E-state index contributed by atoms with van der Waals surface area (Å²) in [6.45, 7) is 2.37. The Morgan fingerprint density at radius 3 is 2.85 bits per heavy atom. The molecular formula is C19H24N4O4. The Labute approximate surface area is 157 Å². The molecule has 3 amide bonds. The van der Waals surface area contributed by atoms with Crippen LogP contribution in [0.2, 0.25) is 0 Å². The number of carbonyl (C=O) groups excluding carboxylic acids is 3. The second-order valence-electron chi connectivity index (χ2n) is 7.39. The van der Waals surface area contributed by atoms with Gasteiger partial charge in [0.15, 0.2) is 0 Å². The number of amides is 3. The summed E-state index contributed by atoms with van der Waals surface area (Å²) in [7, 11) is 0. The Bertz CT molecular complexity index is 781. The summed E-state index contributed by atoms with van der Waals surface area (Å²) in [4.78, 5) is 37.9. The van der Waals surface area contributed by atoms with Crippen LogP contribution in [0.1, 0.15) is 40.7 Å². The molecule has 8 heteroatoms. The fourth-order valence-corrected chi connectivity index (χ4v) is 4.14. The molecule has 3 heterocycles. The second-order valence-corrected chi connectivity index (χ2v) is 7.39. The molecule has 0 saturated carbocycles. The van der Waals surface area contributed by atoms with Crippen LogP contribution in [0.4, 0.5) is 0 Å². The van der Waals surface area contributed by atoms with Gasteiger partial charge in [0.1, 0.15) is 6.04 Å². The second kappa shape index (κ2) is 7.38. The predicted octanol–water partition coefficient (Wildman–Crippen LogP) is -0.740. The minimum Gasteiger partial charge on any atom is -0.390 e. The predicted molar refractivity (Wildman–Crippen MR) is 96.6 cm³/mol. The number of hydrogen-bond donors (Lipinski definition) is 4. The minimum atomic E-state index is -0.602. The van der Waals surface area contributed by atoms with Gasteiger partial charge < -0.3 is 20.6 Å². The number of piperidine rings is 2. The molecule has 3 atom stereocenters. The summed E-state index contributed by atoms with van der Waals surface area (Å²) >= 11 is 0. The quantitative estimate of drug-likeness (QED) is 0.518. The highest BCUT2D eigenvalue weighted by Crippen LogP contribution is 2.29. The van der Waals surface area contributed by atoms with Gasteiger partial charge in [-0.1, -0.05) is 12.1 Å². The van der Waals surface area contributed by atoms with Gasteiger partial charge in [-0.25, -0.2) is 0 Å². The Morgan fingerprint density at radius 2 is 2.07 bits per heavy atom. The highest BCUT2D eigenvalue weighted by Gasteiger charge is 2.39. The van der Waals surface area contributed by atoms with Gasteiger partial charge in [0.25, 0.3) is 5.91 Å². The Morgan fingerprint density at radius 1 is 1.22 bits per heavy atom. The maximum absolute atomic E-state index is 12.8. The van der Waals surface area contributed by atoms with E-state index in [4.69, 9.17) is 0 Å². The normalized spacial score (nSPS) is 28.3. The first-order valence-corrected chi connectivity index (χ1v) is 9.42. The lowest BCUT2D eigenvalue weighted by atomic mass is 10.0. The third-order valence-corrected chi connectivity index (χ3v) is 5.68. The van der Waals surface area contributed by atoms with Crippen LogP contribution in [0.15, 0.2) is 18.2 Å². The van der Waals surface area contributed by atoms with Crippen LogP contribution in [-0.4, -0.2) is 59.0 Å². The topological polar surface area (TPSA) is 111 Å². The molecule has 2 saturated heterocycles. The summed E-state index contributed by atoms with van der Waals surface area (Å²) in [5, 5.41) is 19.0. The van der Waals surface area contributed by atoms with Crippen LogP contribution >= 0.6 is 0 Å². The van der Waals surface area contributed by atoms with Gasteiger partial charge >= 0.3 is 0 Å². The van der Waals surface area contributed by atoms with Crippen molar-refractivity contribution in [3.05, 3.63) is 34.9 Å². The SMILES string of the molecule is O=C1CCC(N2Cc3c(CN[C@@H]4CCNC[C@H]4O)cccc3C2=O)C(=O)N1. The molecule has 2 fully saturated rings. The number of imide groups is 1. The molecule has 4 N–H and O–H groups in total. The molecule has 0 aliphatic carbocycles. The van der Waals surface area contributed by atoms with Crippen LogP contribution in [-0.2, 0) is 22.7 Å². The fourth-order valence-electron chi connectivity index (χ4n) is 4.14. The molecule has 8 nitrogen and oxygen atoms in total. The Balaban J connectivity index is 1.49. The van der Waals surface area contributed by atoms with Crippen LogP contribution in [0.5, 0.6) is 0 Å². The van der Waals surface area contributed by atoms with Crippen molar-refractivity contribution in [2.45, 2.75) is 50.5 Å². The highest BCUT2D eigenvalue weighted by atomic mass is 16.3. The Hall–Kier alpha value is -2.29. The van der Waals surface area contributed by atoms with E-state index in [-0.39, 0.29) is 24.3 Å². The number of carbonyl (C=O) groups is 3. The van der Waals surface area contributed by atoms with E-state index in [2.05, 4.69) is 16.0 Å². The highest BCUT2D eigenvalue weighted by molar-refractivity contribution is 6.05. The van der Waals surface area contributed by atoms with Crippen molar-refractivity contribution in [2.75, 3.05) is 13.1 Å². The number of rotatable bonds is 4. The summed E-state index contributed by atoms with van der Waals surface area (Å²) in [5.41, 5.74) is 2.54. The molecule has 0 spiro atoms. The van der Waals surface area contributed by atoms with E-state index in [0.717, 1.165) is 24.1 Å². The average molecular weight is 372 g/mol. The molecular weight excluding hydrogens is 348 g/mol. The van der Waals surface area contributed by atoms with E-state index < -0.39 is 18.1 Å². The minimum absolute atomic E-state index is 0.0189. The summed E-state index contributed by atoms with van der Waals surface area (Å²) in [5.74, 6) is -0.848. The van der Waals surface area contributed by atoms with Crippen molar-refractivity contribution >= 4 is 17.7 Å². The zero-order valence-corrected chi connectivity index (χ0v) is 15.0. The average Bonchev–Trinajstić information content (AvgIpc) is 2.98. The molecule has 1 unspecified atom stereocenters. The molecule has 144 valence electrons. The monoisotopic (exact) mass is 372 g/mol. The molecule has 27 heavy (non-hydrogen) atoms. The lowest BCUT2D eigenvalue weighted by molar-refractivity contribution is -0.136. The number of nitrogens with one attached hydrogen (secondary N) is 3. The molecule has 1 aromatic carbocycles. The molecule has 4 rings (SSSR count). The van der Waals surface area contributed by atoms with Crippen molar-refractivity contribution in [2.24, 2.45) is 0 Å². The maximum atomic E-state index is 12.8. The van der Waals surface area contributed by atoms with Gasteiger partial charge in [-0.15, -0.1) is 0 Å². The van der Waals surface area contributed by atoms with Gasteiger partial charge in [0.2, 0.25) is 11.8 Å². The first-order valence-electron chi connectivity index (χ1n) is 9.42. The third kappa shape index (κ3) is 3.47. The molecule has 1 aromatic rings. The number of fused-ring (bicyclic) bond motifs is 1. The molecule has 3 aliphatic heterocycles. The van der Waals surface area contributed by atoms with E-state index in [1.165, 1.54) is 0 Å². The smallest absolute Gasteiger partial charge is 0.255 e. The van der Waals surface area contributed by atoms with Crippen LogP contribution in [0.3, 0.4) is 0 Å². The standard InChI is InChI=1S/C19H24N4O4/c24-16-9-20-7-6-14(16)21-8-11-2-1-3-12-13(11)10-23(19(12)27)15-4-5-17(25)22-18(15)26/h1-3,14-16,20-21,24H,4-10H2,(H,22,25,26)/t14-,15?,16-/m1/s1. The van der Waals surface area contributed by atoms with E-state index in [1.807, 2.05) is 12.1 Å². The lowest BCUT2D eigenvalue weighted by Crippen LogP contribution is -2.52. The van der Waals surface area contributed by atoms with Gasteiger partial charge in [0, 0.05) is 37.7 Å². The number of aliphatic hydroxyl groups is 1. The van der Waals surface area contributed by atoms with Crippen molar-refractivity contribution < 1.29 is 19.5 Å². The van der Waals surface area contributed by atoms with Gasteiger partial charge in [-0.3, -0.25) is 19.7 Å². The fraction of sp³-hybridized carbons (Fsp3) is 0.526. The maximum Gasteiger partial charge on any atom is 0.255 e. The number of nitrogens with zero attached hydrogens (tertiary/aromatic N) is 1. The molecule has 0 bridgehead atoms. The van der Waals surface area contributed by atoms with Crippen molar-refractivity contribution in [3.8, 4) is 0 Å². The number of benzene rings is 1. The van der Waals surface area contributed by atoms with Gasteiger partial charge in [0.05, 0.1) is 6.10 Å². The van der Waals surface area contributed by atoms with Crippen LogP contribution in [0, 0.1) is 0 Å². The zero-order chi connectivity index (χ0) is 19.0. The van der Waals surface area contributed by atoms with Gasteiger partial charge in [-0.05, 0) is 36.6 Å². The van der Waals surface area contributed by atoms with Crippen LogP contribution < -0.4 is 16.0 Å². The van der Waals surface area contributed by atoms with Crippen molar-refractivity contribution in [3.63, 3.8) is 0 Å². The largest absolute Gasteiger partial charge is 0.390 e. The van der Waals surface area contributed by atoms with E-state index in [9.17, 15) is 19.5 Å². The first kappa shape index (κ1) is 18.1. The number of β-amino-alcohol motifs (C(OH)–C–C–N with tert-alkyl or cyclic N) is 1. The van der Waals surface area contributed by atoms with Crippen molar-refractivity contribution in [1.82, 2.24) is 20.9 Å². The van der Waals surface area contributed by atoms with E-state index in [1.54, 1.807) is 11.0 Å². The van der Waals surface area contributed by atoms with Gasteiger partial charge in [-0.2, -0.15) is 0 Å². The summed E-state index contributed by atoms with van der Waals surface area (Å²) in [6, 6.07) is 5.02. The van der Waals surface area contributed by atoms with Crippen LogP contribution in [0.25, 0.3) is 0 Å². The summed E-state index contributed by atoms with van der Waals surface area (Å²) < 4.78 is 0. The third-order valence-electron chi connectivity index (χ3n) is 5.68. The number of hydrogen-bond acceptors (Lipinski definition) is 6. The molecule has 3 aliphatic rings. The molecule has 0 aromatic heterocycles. The van der Waals surface area contributed by atoms with Crippen molar-refractivity contribution in [1.29, 1.82) is 0 Å². The Kier molecular flexibility index (Phi) is 4.94. The van der Waals surface area contributed by atoms with E-state index >= 15 is 0 Å². The molecule has 0 radical (unpaired) electrons. The summed E-state index contributed by atoms with van der Waals surface area (Å²) in [6.07, 6.45) is 1.02. The lowest BCUT2D eigenvalue weighted by Gasteiger charge is -2.30. The number of aliphatic hydroxyl groups excluding tert-OH is 1. The zero-order valence-electron chi connectivity index (χ0n) is 15.0. The van der Waals surface area contributed by atoms with E-state index in [0.29, 0.717) is 31.6 Å².